The van der Waals surface area contributed by atoms with Crippen LogP contribution in [0.5, 0.6) is 0 Å². The van der Waals surface area contributed by atoms with Crippen molar-refractivity contribution in [2.75, 3.05) is 11.9 Å². The first-order valence-corrected chi connectivity index (χ1v) is 8.24. The number of nitrogens with one attached hydrogen (secondary N) is 1. The predicted octanol–water partition coefficient (Wildman–Crippen LogP) is 3.55. The lowest BCUT2D eigenvalue weighted by Crippen LogP contribution is -2.36. The summed E-state index contributed by atoms with van der Waals surface area (Å²) in [6, 6.07) is 0.633. The fourth-order valence-electron chi connectivity index (χ4n) is 3.05. The molecular formula is C14H23N3OS. The van der Waals surface area contributed by atoms with Gasteiger partial charge in [-0.1, -0.05) is 13.3 Å². The molecule has 0 amide bonds. The lowest BCUT2D eigenvalue weighted by Gasteiger charge is -2.37. The fourth-order valence-corrected chi connectivity index (χ4v) is 3.77. The van der Waals surface area contributed by atoms with Gasteiger partial charge >= 0.3 is 0 Å². The average Bonchev–Trinajstić information content (AvgIpc) is 3.05. The first-order valence-electron chi connectivity index (χ1n) is 7.46. The molecule has 1 N–H and O–H groups in total. The Labute approximate surface area is 119 Å². The van der Waals surface area contributed by atoms with Crippen molar-refractivity contribution in [1.29, 1.82) is 0 Å². The third-order valence-corrected chi connectivity index (χ3v) is 4.76. The molecule has 0 radical (unpaired) electrons. The van der Waals surface area contributed by atoms with Crippen molar-refractivity contribution in [3.8, 4) is 0 Å². The first kappa shape index (κ1) is 13.3. The summed E-state index contributed by atoms with van der Waals surface area (Å²) in [7, 11) is 0. The molecule has 0 spiro atoms. The third-order valence-electron chi connectivity index (χ3n) is 4.11. The zero-order valence-corrected chi connectivity index (χ0v) is 12.6. The first-order chi connectivity index (χ1) is 9.22. The number of nitrogens with zero attached hydrogens (tertiary/aromatic N) is 2. The maximum absolute atomic E-state index is 6.11. The van der Waals surface area contributed by atoms with Crippen molar-refractivity contribution >= 4 is 16.7 Å². The van der Waals surface area contributed by atoms with E-state index in [0.29, 0.717) is 12.0 Å². The second-order valence-electron chi connectivity index (χ2n) is 5.97. The van der Waals surface area contributed by atoms with Crippen LogP contribution < -0.4 is 5.32 Å². The van der Waals surface area contributed by atoms with Crippen LogP contribution in [0.15, 0.2) is 0 Å². The van der Waals surface area contributed by atoms with E-state index in [2.05, 4.69) is 23.5 Å². The van der Waals surface area contributed by atoms with E-state index in [0.717, 1.165) is 30.4 Å². The van der Waals surface area contributed by atoms with Gasteiger partial charge in [0.05, 0.1) is 0 Å². The molecule has 0 aromatic carbocycles. The summed E-state index contributed by atoms with van der Waals surface area (Å²) in [4.78, 5) is 4.71. The van der Waals surface area contributed by atoms with Gasteiger partial charge in [-0.15, -0.1) is 0 Å². The molecule has 2 aliphatic rings. The van der Waals surface area contributed by atoms with Crippen LogP contribution in [-0.4, -0.2) is 22.0 Å². The highest BCUT2D eigenvalue weighted by Crippen LogP contribution is 2.42. The van der Waals surface area contributed by atoms with Crippen molar-refractivity contribution < 1.29 is 4.74 Å². The van der Waals surface area contributed by atoms with Crippen molar-refractivity contribution in [3.63, 3.8) is 0 Å². The summed E-state index contributed by atoms with van der Waals surface area (Å²) in [5, 5.41) is 4.40. The van der Waals surface area contributed by atoms with E-state index in [-0.39, 0.29) is 5.60 Å². The molecule has 2 saturated carbocycles. The molecule has 1 heterocycles. The Hall–Kier alpha value is -0.680. The average molecular weight is 281 g/mol. The summed E-state index contributed by atoms with van der Waals surface area (Å²) < 4.78 is 10.7. The van der Waals surface area contributed by atoms with Gasteiger partial charge in [0.25, 0.3) is 0 Å². The Morgan fingerprint density at radius 1 is 1.42 bits per heavy atom. The molecule has 3 rings (SSSR count). The lowest BCUT2D eigenvalue weighted by atomic mass is 9.78. The van der Waals surface area contributed by atoms with Gasteiger partial charge in [0.2, 0.25) is 5.13 Å². The molecule has 5 heteroatoms. The van der Waals surface area contributed by atoms with E-state index in [1.807, 2.05) is 0 Å². The standard InChI is InChI=1S/C14H23N3OS/c1-3-18-14(8-4-5-10(2)9-14)12-16-13(19-17-12)15-11-6-7-11/h10-11H,3-9H2,1-2H3,(H,15,16,17). The molecule has 2 aliphatic carbocycles. The highest BCUT2D eigenvalue weighted by molar-refractivity contribution is 7.09. The zero-order valence-electron chi connectivity index (χ0n) is 11.8. The maximum atomic E-state index is 6.11. The second kappa shape index (κ2) is 5.37. The molecule has 19 heavy (non-hydrogen) atoms. The third kappa shape index (κ3) is 2.92. The van der Waals surface area contributed by atoms with Crippen LogP contribution in [0.1, 0.15) is 58.2 Å². The van der Waals surface area contributed by atoms with Crippen molar-refractivity contribution in [3.05, 3.63) is 5.82 Å². The minimum absolute atomic E-state index is 0.230. The Kier molecular flexibility index (Phi) is 3.76. The molecule has 2 unspecified atom stereocenters. The van der Waals surface area contributed by atoms with Crippen LogP contribution in [0, 0.1) is 5.92 Å². The lowest BCUT2D eigenvalue weighted by molar-refractivity contribution is -0.0872. The Morgan fingerprint density at radius 3 is 2.95 bits per heavy atom. The van der Waals surface area contributed by atoms with Crippen LogP contribution in [0.4, 0.5) is 5.13 Å². The molecule has 1 aromatic rings. The van der Waals surface area contributed by atoms with Crippen LogP contribution >= 0.6 is 11.5 Å². The van der Waals surface area contributed by atoms with Gasteiger partial charge in [-0.3, -0.25) is 0 Å². The zero-order chi connectivity index (χ0) is 13.3. The normalized spacial score (nSPS) is 31.4. The number of hydrogen-bond donors (Lipinski definition) is 1. The smallest absolute Gasteiger partial charge is 0.202 e. The summed E-state index contributed by atoms with van der Waals surface area (Å²) in [6.07, 6.45) is 7.16. The number of anilines is 1. The Morgan fingerprint density at radius 2 is 2.26 bits per heavy atom. The number of ether oxygens (including phenoxy) is 1. The Bertz CT molecular complexity index is 428. The summed E-state index contributed by atoms with van der Waals surface area (Å²) in [5.41, 5.74) is -0.230. The van der Waals surface area contributed by atoms with Gasteiger partial charge < -0.3 is 10.1 Å². The molecular weight excluding hydrogens is 258 g/mol. The maximum Gasteiger partial charge on any atom is 0.202 e. The van der Waals surface area contributed by atoms with E-state index >= 15 is 0 Å². The molecule has 106 valence electrons. The largest absolute Gasteiger partial charge is 0.367 e. The summed E-state index contributed by atoms with van der Waals surface area (Å²) >= 11 is 1.48. The molecule has 2 fully saturated rings. The fraction of sp³-hybridized carbons (Fsp3) is 0.857. The number of rotatable bonds is 5. The summed E-state index contributed by atoms with van der Waals surface area (Å²) in [5.74, 6) is 1.61. The van der Waals surface area contributed by atoms with Crippen molar-refractivity contribution in [1.82, 2.24) is 9.36 Å². The predicted molar refractivity (Wildman–Crippen MR) is 77.5 cm³/mol. The van der Waals surface area contributed by atoms with Crippen LogP contribution in [0.25, 0.3) is 0 Å². The minimum Gasteiger partial charge on any atom is -0.367 e. The molecule has 0 aliphatic heterocycles. The Balaban J connectivity index is 1.79. The molecule has 2 atom stereocenters. The van der Waals surface area contributed by atoms with Crippen LogP contribution in [0.3, 0.4) is 0 Å². The van der Waals surface area contributed by atoms with Crippen LogP contribution in [0.2, 0.25) is 0 Å². The molecule has 4 nitrogen and oxygen atoms in total. The number of aromatic nitrogens is 2. The van der Waals surface area contributed by atoms with E-state index in [9.17, 15) is 0 Å². The molecule has 0 saturated heterocycles. The van der Waals surface area contributed by atoms with Crippen molar-refractivity contribution in [2.24, 2.45) is 5.92 Å². The van der Waals surface area contributed by atoms with Crippen molar-refractivity contribution in [2.45, 2.75) is 64.0 Å². The highest BCUT2D eigenvalue weighted by Gasteiger charge is 2.41. The van der Waals surface area contributed by atoms with E-state index in [4.69, 9.17) is 9.72 Å². The SMILES string of the molecule is CCOC1(c2nsc(NC3CC3)n2)CCCC(C)C1. The van der Waals surface area contributed by atoms with Gasteiger partial charge in [0.15, 0.2) is 5.82 Å². The van der Waals surface area contributed by atoms with Gasteiger partial charge in [0, 0.05) is 24.2 Å². The highest BCUT2D eigenvalue weighted by atomic mass is 32.1. The monoisotopic (exact) mass is 281 g/mol. The van der Waals surface area contributed by atoms with Gasteiger partial charge in [-0.2, -0.15) is 4.37 Å². The minimum atomic E-state index is -0.230. The topological polar surface area (TPSA) is 47.0 Å². The van der Waals surface area contributed by atoms with E-state index < -0.39 is 0 Å². The van der Waals surface area contributed by atoms with Gasteiger partial charge in [-0.25, -0.2) is 4.98 Å². The van der Waals surface area contributed by atoms with Gasteiger partial charge in [0.1, 0.15) is 5.60 Å². The summed E-state index contributed by atoms with van der Waals surface area (Å²) in [6.45, 7) is 5.11. The second-order valence-corrected chi connectivity index (χ2v) is 6.72. The van der Waals surface area contributed by atoms with E-state index in [1.165, 1.54) is 37.2 Å². The number of hydrogen-bond acceptors (Lipinski definition) is 5. The quantitative estimate of drug-likeness (QED) is 0.896. The van der Waals surface area contributed by atoms with Gasteiger partial charge in [-0.05, 0) is 44.9 Å². The molecule has 1 aromatic heterocycles. The van der Waals surface area contributed by atoms with Crippen LogP contribution in [-0.2, 0) is 10.3 Å². The van der Waals surface area contributed by atoms with E-state index in [1.54, 1.807) is 0 Å². The molecule has 0 bridgehead atoms.